The molecule has 2 unspecified atom stereocenters. The van der Waals surface area contributed by atoms with Crippen LogP contribution in [0, 0.1) is 5.92 Å². The van der Waals surface area contributed by atoms with Crippen LogP contribution < -0.4 is 15.0 Å². The summed E-state index contributed by atoms with van der Waals surface area (Å²) >= 11 is 0. The van der Waals surface area contributed by atoms with Gasteiger partial charge in [-0.25, -0.2) is 0 Å². The maximum Gasteiger partial charge on any atom is 0.227 e. The summed E-state index contributed by atoms with van der Waals surface area (Å²) in [7, 11) is 1.61. The molecule has 2 atom stereocenters. The van der Waals surface area contributed by atoms with Crippen molar-refractivity contribution in [1.29, 1.82) is 0 Å². The zero-order valence-electron chi connectivity index (χ0n) is 15.5. The predicted molar refractivity (Wildman–Crippen MR) is 104 cm³/mol. The zero-order valence-corrected chi connectivity index (χ0v) is 15.5. The molecule has 0 spiro atoms. The van der Waals surface area contributed by atoms with Crippen LogP contribution in [0.15, 0.2) is 48.5 Å². The highest BCUT2D eigenvalue weighted by molar-refractivity contribution is 6.00. The lowest BCUT2D eigenvalue weighted by Crippen LogP contribution is -2.36. The van der Waals surface area contributed by atoms with Gasteiger partial charge in [-0.15, -0.1) is 0 Å². The molecule has 4 rings (SSSR count). The van der Waals surface area contributed by atoms with Gasteiger partial charge < -0.3 is 15.0 Å². The molecule has 1 aliphatic heterocycles. The normalized spacial score (nSPS) is 21.7. The van der Waals surface area contributed by atoms with Crippen molar-refractivity contribution in [1.82, 2.24) is 5.32 Å². The van der Waals surface area contributed by atoms with Crippen molar-refractivity contribution < 1.29 is 14.3 Å². The van der Waals surface area contributed by atoms with Crippen LogP contribution in [0.25, 0.3) is 0 Å². The largest absolute Gasteiger partial charge is 0.497 e. The Balaban J connectivity index is 1.44. The number of hydrogen-bond donors (Lipinski definition) is 1. The zero-order chi connectivity index (χ0) is 18.8. The van der Waals surface area contributed by atoms with E-state index in [1.165, 1.54) is 11.1 Å². The van der Waals surface area contributed by atoms with Gasteiger partial charge in [-0.3, -0.25) is 9.59 Å². The number of hydrogen-bond acceptors (Lipinski definition) is 3. The second kappa shape index (κ2) is 7.43. The lowest BCUT2D eigenvalue weighted by molar-refractivity contribution is -0.127. The third-order valence-electron chi connectivity index (χ3n) is 5.57. The summed E-state index contributed by atoms with van der Waals surface area (Å²) in [5, 5.41) is 3.19. The fourth-order valence-electron chi connectivity index (χ4n) is 4.09. The Kier molecular flexibility index (Phi) is 4.84. The molecule has 140 valence electrons. The van der Waals surface area contributed by atoms with Crippen molar-refractivity contribution in [3.05, 3.63) is 59.7 Å². The van der Waals surface area contributed by atoms with Gasteiger partial charge in [0.15, 0.2) is 0 Å². The summed E-state index contributed by atoms with van der Waals surface area (Å²) in [6, 6.07) is 15.7. The van der Waals surface area contributed by atoms with Crippen LogP contribution in [0.2, 0.25) is 0 Å². The van der Waals surface area contributed by atoms with E-state index >= 15 is 0 Å². The molecule has 2 aromatic carbocycles. The molecule has 0 bridgehead atoms. The quantitative estimate of drug-likeness (QED) is 0.906. The first-order valence-corrected chi connectivity index (χ1v) is 9.48. The Bertz CT molecular complexity index is 847. The van der Waals surface area contributed by atoms with E-state index in [4.69, 9.17) is 4.74 Å². The van der Waals surface area contributed by atoms with Crippen molar-refractivity contribution in [2.45, 2.75) is 31.7 Å². The Hall–Kier alpha value is -2.82. The Labute approximate surface area is 159 Å². The summed E-state index contributed by atoms with van der Waals surface area (Å²) in [4.78, 5) is 27.0. The summed E-state index contributed by atoms with van der Waals surface area (Å²) in [5.41, 5.74) is 3.34. The summed E-state index contributed by atoms with van der Waals surface area (Å²) in [6.45, 7) is 0.422. The van der Waals surface area contributed by atoms with E-state index < -0.39 is 0 Å². The Morgan fingerprint density at radius 2 is 1.93 bits per heavy atom. The van der Waals surface area contributed by atoms with E-state index in [9.17, 15) is 9.59 Å². The topological polar surface area (TPSA) is 58.6 Å². The molecule has 1 saturated heterocycles. The number of nitrogens with one attached hydrogen (secondary N) is 1. The van der Waals surface area contributed by atoms with Gasteiger partial charge in [-0.05, 0) is 54.7 Å². The predicted octanol–water partition coefficient (Wildman–Crippen LogP) is 3.24. The van der Waals surface area contributed by atoms with Crippen LogP contribution in [0.1, 0.15) is 36.4 Å². The van der Waals surface area contributed by atoms with Gasteiger partial charge in [0.25, 0.3) is 0 Å². The molecule has 27 heavy (non-hydrogen) atoms. The number of ether oxygens (including phenoxy) is 1. The van der Waals surface area contributed by atoms with Gasteiger partial charge in [-0.2, -0.15) is 0 Å². The molecular weight excluding hydrogens is 340 g/mol. The highest BCUT2D eigenvalue weighted by Crippen LogP contribution is 2.31. The molecule has 5 heteroatoms. The lowest BCUT2D eigenvalue weighted by atomic mass is 9.87. The molecule has 0 saturated carbocycles. The number of nitrogens with zero attached hydrogens (tertiary/aromatic N) is 1. The van der Waals surface area contributed by atoms with Gasteiger partial charge in [0.2, 0.25) is 11.8 Å². The second-order valence-corrected chi connectivity index (χ2v) is 7.26. The fraction of sp³-hybridized carbons (Fsp3) is 0.364. The van der Waals surface area contributed by atoms with Crippen LogP contribution in [-0.2, 0) is 16.0 Å². The third kappa shape index (κ3) is 3.54. The number of rotatable bonds is 4. The summed E-state index contributed by atoms with van der Waals surface area (Å²) in [5.74, 6) is 0.398. The fourth-order valence-corrected chi connectivity index (χ4v) is 4.09. The monoisotopic (exact) mass is 364 g/mol. The van der Waals surface area contributed by atoms with Gasteiger partial charge >= 0.3 is 0 Å². The smallest absolute Gasteiger partial charge is 0.227 e. The molecule has 5 nitrogen and oxygen atoms in total. The number of amides is 2. The van der Waals surface area contributed by atoms with Crippen molar-refractivity contribution >= 4 is 17.5 Å². The van der Waals surface area contributed by atoms with Gasteiger partial charge in [0.1, 0.15) is 5.75 Å². The molecule has 0 radical (unpaired) electrons. The number of carbonyl (C=O) groups is 2. The Morgan fingerprint density at radius 1 is 1.15 bits per heavy atom. The highest BCUT2D eigenvalue weighted by Gasteiger charge is 2.36. The number of carbonyl (C=O) groups excluding carboxylic acids is 2. The number of aryl methyl sites for hydroxylation is 1. The Morgan fingerprint density at radius 3 is 2.70 bits per heavy atom. The SMILES string of the molecule is COc1ccc(N2CC(C(=O)NC3CCCc4ccccc43)CC2=O)cc1. The molecule has 2 amide bonds. The second-order valence-electron chi connectivity index (χ2n) is 7.26. The van der Waals surface area contributed by atoms with Gasteiger partial charge in [0.05, 0.1) is 19.1 Å². The molecule has 1 aliphatic carbocycles. The maximum atomic E-state index is 12.8. The van der Waals surface area contributed by atoms with Crippen LogP contribution in [-0.4, -0.2) is 25.5 Å². The van der Waals surface area contributed by atoms with Gasteiger partial charge in [0, 0.05) is 18.7 Å². The lowest BCUT2D eigenvalue weighted by Gasteiger charge is -2.27. The molecular formula is C22H24N2O3. The maximum absolute atomic E-state index is 12.8. The molecule has 2 aliphatic rings. The van der Waals surface area contributed by atoms with E-state index in [2.05, 4.69) is 17.4 Å². The summed E-state index contributed by atoms with van der Waals surface area (Å²) < 4.78 is 5.16. The van der Waals surface area contributed by atoms with Crippen LogP contribution in [0.5, 0.6) is 5.75 Å². The minimum atomic E-state index is -0.311. The molecule has 1 N–H and O–H groups in total. The first-order valence-electron chi connectivity index (χ1n) is 9.48. The molecule has 2 aromatic rings. The first kappa shape index (κ1) is 17.6. The van der Waals surface area contributed by atoms with Crippen molar-refractivity contribution in [2.75, 3.05) is 18.6 Å². The average molecular weight is 364 g/mol. The molecule has 1 heterocycles. The van der Waals surface area contributed by atoms with Crippen molar-refractivity contribution in [3.8, 4) is 5.75 Å². The first-order chi connectivity index (χ1) is 13.2. The third-order valence-corrected chi connectivity index (χ3v) is 5.57. The van der Waals surface area contributed by atoms with Gasteiger partial charge in [-0.1, -0.05) is 24.3 Å². The number of anilines is 1. The minimum Gasteiger partial charge on any atom is -0.497 e. The highest BCUT2D eigenvalue weighted by atomic mass is 16.5. The van der Waals surface area contributed by atoms with E-state index in [1.54, 1.807) is 12.0 Å². The summed E-state index contributed by atoms with van der Waals surface area (Å²) in [6.07, 6.45) is 3.34. The van der Waals surface area contributed by atoms with E-state index in [0.717, 1.165) is 30.7 Å². The number of benzene rings is 2. The van der Waals surface area contributed by atoms with Crippen LogP contribution >= 0.6 is 0 Å². The number of fused-ring (bicyclic) bond motifs is 1. The minimum absolute atomic E-state index is 0.00985. The van der Waals surface area contributed by atoms with Crippen molar-refractivity contribution in [3.63, 3.8) is 0 Å². The van der Waals surface area contributed by atoms with E-state index in [0.29, 0.717) is 6.54 Å². The number of methoxy groups -OCH3 is 1. The average Bonchev–Trinajstić information content (AvgIpc) is 3.10. The van der Waals surface area contributed by atoms with E-state index in [-0.39, 0.29) is 30.2 Å². The van der Waals surface area contributed by atoms with Crippen molar-refractivity contribution in [2.24, 2.45) is 5.92 Å². The van der Waals surface area contributed by atoms with Crippen LogP contribution in [0.3, 0.4) is 0 Å². The standard InChI is InChI=1S/C22H24N2O3/c1-27-18-11-9-17(10-12-18)24-14-16(13-21(24)25)22(26)23-20-8-4-6-15-5-2-3-7-19(15)20/h2-3,5,7,9-12,16,20H,4,6,8,13-14H2,1H3,(H,23,26). The van der Waals surface area contributed by atoms with Crippen LogP contribution in [0.4, 0.5) is 5.69 Å². The van der Waals surface area contributed by atoms with E-state index in [1.807, 2.05) is 36.4 Å². The molecule has 0 aromatic heterocycles. The molecule has 1 fully saturated rings.